The molecule has 6 nitrogen and oxygen atoms in total. The van der Waals surface area contributed by atoms with Gasteiger partial charge in [-0.25, -0.2) is 0 Å². The SMILES string of the molecule is CC(C)C(C(=O)N1CCCNCC1)N1C(=O)c2ccccc2C1=O. The van der Waals surface area contributed by atoms with Crippen molar-refractivity contribution in [3.05, 3.63) is 35.4 Å². The maximum absolute atomic E-state index is 13.1. The zero-order chi connectivity index (χ0) is 17.3. The summed E-state index contributed by atoms with van der Waals surface area (Å²) in [6.45, 7) is 6.62. The molecule has 0 bridgehead atoms. The van der Waals surface area contributed by atoms with Crippen molar-refractivity contribution in [1.29, 1.82) is 0 Å². The zero-order valence-electron chi connectivity index (χ0n) is 14.1. The molecule has 24 heavy (non-hydrogen) atoms. The number of nitrogens with zero attached hydrogens (tertiary/aromatic N) is 2. The predicted octanol–water partition coefficient (Wildman–Crippen LogP) is 1.13. The minimum absolute atomic E-state index is 0.136. The van der Waals surface area contributed by atoms with Crippen LogP contribution < -0.4 is 5.32 Å². The lowest BCUT2D eigenvalue weighted by Gasteiger charge is -2.33. The lowest BCUT2D eigenvalue weighted by molar-refractivity contribution is -0.136. The topological polar surface area (TPSA) is 69.7 Å². The Morgan fingerprint density at radius 1 is 1.04 bits per heavy atom. The van der Waals surface area contributed by atoms with E-state index in [-0.39, 0.29) is 23.6 Å². The van der Waals surface area contributed by atoms with E-state index < -0.39 is 6.04 Å². The van der Waals surface area contributed by atoms with Gasteiger partial charge < -0.3 is 10.2 Å². The highest BCUT2D eigenvalue weighted by molar-refractivity contribution is 6.22. The van der Waals surface area contributed by atoms with Crippen LogP contribution in [0.25, 0.3) is 0 Å². The van der Waals surface area contributed by atoms with Crippen LogP contribution in [0.1, 0.15) is 41.0 Å². The Morgan fingerprint density at radius 3 is 2.25 bits per heavy atom. The number of hydrogen-bond donors (Lipinski definition) is 1. The molecule has 1 unspecified atom stereocenters. The van der Waals surface area contributed by atoms with Gasteiger partial charge in [-0.3, -0.25) is 19.3 Å². The third-order valence-electron chi connectivity index (χ3n) is 4.64. The van der Waals surface area contributed by atoms with Crippen LogP contribution in [0, 0.1) is 5.92 Å². The number of rotatable bonds is 3. The Bertz CT molecular complexity index is 628. The number of nitrogens with one attached hydrogen (secondary N) is 1. The van der Waals surface area contributed by atoms with Gasteiger partial charge in [0.1, 0.15) is 6.04 Å². The summed E-state index contributed by atoms with van der Waals surface area (Å²) in [6.07, 6.45) is 0.874. The minimum Gasteiger partial charge on any atom is -0.340 e. The second kappa shape index (κ2) is 6.73. The fourth-order valence-electron chi connectivity index (χ4n) is 3.41. The summed E-state index contributed by atoms with van der Waals surface area (Å²) in [5.74, 6) is -1.01. The van der Waals surface area contributed by atoms with Crippen molar-refractivity contribution in [3.63, 3.8) is 0 Å². The van der Waals surface area contributed by atoms with Gasteiger partial charge in [0.15, 0.2) is 0 Å². The number of benzene rings is 1. The fraction of sp³-hybridized carbons (Fsp3) is 0.500. The van der Waals surface area contributed by atoms with Crippen LogP contribution >= 0.6 is 0 Å². The van der Waals surface area contributed by atoms with Gasteiger partial charge >= 0.3 is 0 Å². The molecule has 1 saturated heterocycles. The van der Waals surface area contributed by atoms with E-state index in [1.54, 1.807) is 29.2 Å². The molecule has 0 aromatic heterocycles. The molecule has 128 valence electrons. The maximum Gasteiger partial charge on any atom is 0.262 e. The van der Waals surface area contributed by atoms with Crippen molar-refractivity contribution < 1.29 is 14.4 Å². The molecule has 1 fully saturated rings. The Labute approximate surface area is 141 Å². The van der Waals surface area contributed by atoms with Gasteiger partial charge in [-0.1, -0.05) is 26.0 Å². The van der Waals surface area contributed by atoms with E-state index in [1.807, 2.05) is 13.8 Å². The highest BCUT2D eigenvalue weighted by Gasteiger charge is 2.45. The molecule has 0 spiro atoms. The Kier molecular flexibility index (Phi) is 4.66. The summed E-state index contributed by atoms with van der Waals surface area (Å²) < 4.78 is 0. The van der Waals surface area contributed by atoms with Gasteiger partial charge in [0.05, 0.1) is 11.1 Å². The van der Waals surface area contributed by atoms with Crippen molar-refractivity contribution in [2.45, 2.75) is 26.3 Å². The van der Waals surface area contributed by atoms with Crippen LogP contribution in [-0.2, 0) is 4.79 Å². The van der Waals surface area contributed by atoms with E-state index in [9.17, 15) is 14.4 Å². The molecule has 1 N–H and O–H groups in total. The standard InChI is InChI=1S/C18H23N3O3/c1-12(2)15(18(24)20-10-5-8-19-9-11-20)21-16(22)13-6-3-4-7-14(13)17(21)23/h3-4,6-7,12,15,19H,5,8-11H2,1-2H3. The van der Waals surface area contributed by atoms with Crippen molar-refractivity contribution >= 4 is 17.7 Å². The van der Waals surface area contributed by atoms with Gasteiger partial charge in [0, 0.05) is 19.6 Å². The van der Waals surface area contributed by atoms with E-state index in [4.69, 9.17) is 0 Å². The number of hydrogen-bond acceptors (Lipinski definition) is 4. The van der Waals surface area contributed by atoms with Crippen LogP contribution in [0.3, 0.4) is 0 Å². The molecular weight excluding hydrogens is 306 g/mol. The predicted molar refractivity (Wildman–Crippen MR) is 89.6 cm³/mol. The smallest absolute Gasteiger partial charge is 0.262 e. The molecule has 3 rings (SSSR count). The fourth-order valence-corrected chi connectivity index (χ4v) is 3.41. The van der Waals surface area contributed by atoms with Gasteiger partial charge in [0.2, 0.25) is 5.91 Å². The molecule has 0 saturated carbocycles. The highest BCUT2D eigenvalue weighted by atomic mass is 16.2. The summed E-state index contributed by atoms with van der Waals surface area (Å²) in [5, 5.41) is 3.26. The normalized spacial score (nSPS) is 19.5. The number of carbonyl (C=O) groups is 3. The first-order chi connectivity index (χ1) is 11.5. The summed E-state index contributed by atoms with van der Waals surface area (Å²) in [7, 11) is 0. The monoisotopic (exact) mass is 329 g/mol. The van der Waals surface area contributed by atoms with Crippen LogP contribution in [0.5, 0.6) is 0 Å². The number of imide groups is 1. The van der Waals surface area contributed by atoms with Crippen LogP contribution in [0.2, 0.25) is 0 Å². The van der Waals surface area contributed by atoms with Crippen molar-refractivity contribution in [3.8, 4) is 0 Å². The molecule has 0 radical (unpaired) electrons. The van der Waals surface area contributed by atoms with E-state index in [2.05, 4.69) is 5.32 Å². The van der Waals surface area contributed by atoms with E-state index in [0.29, 0.717) is 24.2 Å². The van der Waals surface area contributed by atoms with Crippen LogP contribution in [-0.4, -0.2) is 59.7 Å². The highest BCUT2D eigenvalue weighted by Crippen LogP contribution is 2.28. The van der Waals surface area contributed by atoms with Gasteiger partial charge in [-0.15, -0.1) is 0 Å². The first-order valence-corrected chi connectivity index (χ1v) is 8.49. The first-order valence-electron chi connectivity index (χ1n) is 8.49. The quantitative estimate of drug-likeness (QED) is 0.844. The van der Waals surface area contributed by atoms with Crippen molar-refractivity contribution in [2.24, 2.45) is 5.92 Å². The van der Waals surface area contributed by atoms with Crippen molar-refractivity contribution in [2.75, 3.05) is 26.2 Å². The molecule has 2 heterocycles. The van der Waals surface area contributed by atoms with E-state index in [1.165, 1.54) is 0 Å². The lowest BCUT2D eigenvalue weighted by atomic mass is 10.0. The molecule has 1 aromatic carbocycles. The van der Waals surface area contributed by atoms with Gasteiger partial charge in [-0.05, 0) is 31.0 Å². The molecule has 2 aliphatic heterocycles. The Hall–Kier alpha value is -2.21. The largest absolute Gasteiger partial charge is 0.340 e. The first kappa shape index (κ1) is 16.6. The third kappa shape index (κ3) is 2.82. The van der Waals surface area contributed by atoms with Crippen LogP contribution in [0.4, 0.5) is 0 Å². The minimum atomic E-state index is -0.754. The zero-order valence-corrected chi connectivity index (χ0v) is 14.1. The number of fused-ring (bicyclic) bond motifs is 1. The van der Waals surface area contributed by atoms with E-state index >= 15 is 0 Å². The Balaban J connectivity index is 1.90. The van der Waals surface area contributed by atoms with Crippen molar-refractivity contribution in [1.82, 2.24) is 15.1 Å². The Morgan fingerprint density at radius 2 is 1.67 bits per heavy atom. The number of amides is 3. The summed E-state index contributed by atoms with van der Waals surface area (Å²) in [4.78, 5) is 41.5. The third-order valence-corrected chi connectivity index (χ3v) is 4.64. The molecule has 0 aliphatic carbocycles. The summed E-state index contributed by atoms with van der Waals surface area (Å²) in [5.41, 5.74) is 0.775. The summed E-state index contributed by atoms with van der Waals surface area (Å²) >= 11 is 0. The maximum atomic E-state index is 13.1. The molecule has 2 aliphatic rings. The number of carbonyl (C=O) groups excluding carboxylic acids is 3. The molecule has 1 atom stereocenters. The molecule has 6 heteroatoms. The molecule has 1 aromatic rings. The second-order valence-corrected chi connectivity index (χ2v) is 6.64. The average Bonchev–Trinajstić information content (AvgIpc) is 2.78. The van der Waals surface area contributed by atoms with Gasteiger partial charge in [-0.2, -0.15) is 0 Å². The lowest BCUT2D eigenvalue weighted by Crippen LogP contribution is -2.54. The van der Waals surface area contributed by atoms with Gasteiger partial charge in [0.25, 0.3) is 11.8 Å². The summed E-state index contributed by atoms with van der Waals surface area (Å²) in [6, 6.07) is 6.01. The molecule has 3 amide bonds. The molecular formula is C18H23N3O3. The van der Waals surface area contributed by atoms with E-state index in [0.717, 1.165) is 24.4 Å². The average molecular weight is 329 g/mol. The second-order valence-electron chi connectivity index (χ2n) is 6.64. The van der Waals surface area contributed by atoms with Crippen LogP contribution in [0.15, 0.2) is 24.3 Å².